The first-order valence-corrected chi connectivity index (χ1v) is 5.60. The summed E-state index contributed by atoms with van der Waals surface area (Å²) in [6.07, 6.45) is 0. The topological polar surface area (TPSA) is 144 Å². The number of rotatable bonds is 4. The van der Waals surface area contributed by atoms with Crippen molar-refractivity contribution in [2.75, 3.05) is 0 Å². The molecule has 0 spiro atoms. The first kappa shape index (κ1) is 32.8. The molecule has 0 aromatic heterocycles. The van der Waals surface area contributed by atoms with Gasteiger partial charge in [-0.3, -0.25) is 9.11 Å². The maximum Gasteiger partial charge on any atom is 2.00 e. The SMILES string of the molecule is O=S(OS(=O)(=O)O)OS(=O)(=O)O.[Ca+2].[Ca+2].[Ca+2].[Ca+2].[H-].[H-].[H-].[H-].[H-].[H-].[H-].[H-]. The minimum absolute atomic E-state index is 0. The Morgan fingerprint density at radius 2 is 1.00 bits per heavy atom. The molecule has 0 saturated carbocycles. The Hall–Kier alpha value is 4.93. The molecule has 0 bridgehead atoms. The molecule has 0 atom stereocenters. The van der Waals surface area contributed by atoms with Crippen LogP contribution in [0, 0.1) is 0 Å². The van der Waals surface area contributed by atoms with Crippen molar-refractivity contribution in [1.82, 2.24) is 0 Å². The van der Waals surface area contributed by atoms with E-state index in [4.69, 9.17) is 9.11 Å². The minimum atomic E-state index is -5.10. The van der Waals surface area contributed by atoms with Crippen molar-refractivity contribution in [3.8, 4) is 0 Å². The van der Waals surface area contributed by atoms with E-state index in [-0.39, 0.29) is 162 Å². The van der Waals surface area contributed by atoms with Gasteiger partial charge in [0.2, 0.25) is 0 Å². The summed E-state index contributed by atoms with van der Waals surface area (Å²) in [6, 6.07) is 0. The van der Waals surface area contributed by atoms with Crippen LogP contribution in [0.2, 0.25) is 0 Å². The van der Waals surface area contributed by atoms with Crippen molar-refractivity contribution < 1.29 is 48.8 Å². The van der Waals surface area contributed by atoms with Crippen LogP contribution in [-0.4, -0.2) is 181 Å². The zero-order chi connectivity index (χ0) is 9.99. The standard InChI is InChI=1S/4Ca.H2O9S3.8H/c;;;;1-10(8-11(2,3)4)9-12(5,6)7;;;;;;;;/h;;;;(H,2,3,4)(H,5,6,7);;;;;;;;/q4*+2;;8*-1. The Balaban J connectivity index is -0.00000000917. The number of hydrogen-bond donors (Lipinski definition) is 2. The van der Waals surface area contributed by atoms with Crippen molar-refractivity contribution in [2.45, 2.75) is 0 Å². The van der Waals surface area contributed by atoms with E-state index in [0.29, 0.717) is 0 Å². The first-order chi connectivity index (χ1) is 5.10. The van der Waals surface area contributed by atoms with E-state index in [1.54, 1.807) is 0 Å². The molecule has 16 heavy (non-hydrogen) atoms. The monoisotopic (exact) mass is 410 g/mol. The quantitative estimate of drug-likeness (QED) is 0.382. The van der Waals surface area contributed by atoms with Crippen LogP contribution in [-0.2, 0) is 39.4 Å². The van der Waals surface area contributed by atoms with Gasteiger partial charge in [0.25, 0.3) is 0 Å². The van der Waals surface area contributed by atoms with Crippen molar-refractivity contribution in [1.29, 1.82) is 0 Å². The third kappa shape index (κ3) is 27.3. The van der Waals surface area contributed by atoms with Crippen LogP contribution in [0.4, 0.5) is 0 Å². The van der Waals surface area contributed by atoms with Gasteiger partial charge in [-0.05, 0) is 0 Å². The van der Waals surface area contributed by atoms with Gasteiger partial charge in [0.05, 0.1) is 0 Å². The number of hydrogen-bond acceptors (Lipinski definition) is 7. The van der Waals surface area contributed by atoms with Crippen molar-refractivity contribution in [3.05, 3.63) is 0 Å². The molecule has 0 amide bonds. The van der Waals surface area contributed by atoms with Crippen LogP contribution in [0.3, 0.4) is 0 Å². The first-order valence-electron chi connectivity index (χ1n) is 1.87. The second-order valence-electron chi connectivity index (χ2n) is 1.20. The molecule has 0 aliphatic rings. The van der Waals surface area contributed by atoms with Gasteiger partial charge in [-0.2, -0.15) is 21.0 Å². The van der Waals surface area contributed by atoms with Crippen molar-refractivity contribution in [2.24, 2.45) is 0 Å². The molecular formula is H10Ca4O9S3. The molecule has 9 nitrogen and oxygen atoms in total. The molecule has 0 radical (unpaired) electrons. The fourth-order valence-corrected chi connectivity index (χ4v) is 1.57. The van der Waals surface area contributed by atoms with E-state index in [1.807, 2.05) is 0 Å². The summed E-state index contributed by atoms with van der Waals surface area (Å²) in [5.74, 6) is 0. The van der Waals surface area contributed by atoms with Crippen LogP contribution in [0.1, 0.15) is 11.4 Å². The molecule has 0 fully saturated rings. The Kier molecular flexibility index (Phi) is 30.4. The van der Waals surface area contributed by atoms with Crippen LogP contribution in [0.15, 0.2) is 0 Å². The Bertz CT molecular complexity index is 352. The fourth-order valence-electron chi connectivity index (χ4n) is 0.152. The van der Waals surface area contributed by atoms with Crippen LogP contribution >= 0.6 is 0 Å². The largest absolute Gasteiger partial charge is 2.00 e. The molecule has 16 heteroatoms. The van der Waals surface area contributed by atoms with Crippen LogP contribution < -0.4 is 0 Å². The van der Waals surface area contributed by atoms with E-state index in [2.05, 4.69) is 7.26 Å². The molecule has 0 heterocycles. The molecule has 0 unspecified atom stereocenters. The van der Waals surface area contributed by atoms with E-state index < -0.39 is 32.2 Å². The van der Waals surface area contributed by atoms with E-state index >= 15 is 0 Å². The van der Waals surface area contributed by atoms with Gasteiger partial charge >= 0.3 is 183 Å². The third-order valence-corrected chi connectivity index (χ3v) is 2.55. The average Bonchev–Trinajstić information content (AvgIpc) is 1.49. The molecule has 2 N–H and O–H groups in total. The summed E-state index contributed by atoms with van der Waals surface area (Å²) >= 11 is -3.33. The fraction of sp³-hybridized carbons (Fsp3) is 0. The third-order valence-electron chi connectivity index (χ3n) is 0.283. The molecule has 0 aliphatic heterocycles. The Morgan fingerprint density at radius 1 is 0.812 bits per heavy atom. The summed E-state index contributed by atoms with van der Waals surface area (Å²) in [5, 5.41) is 0. The molecule has 0 aromatic carbocycles. The summed E-state index contributed by atoms with van der Waals surface area (Å²) in [5.41, 5.74) is 0. The normalized spacial score (nSPS) is 10.2. The summed E-state index contributed by atoms with van der Waals surface area (Å²) < 4.78 is 70.6. The predicted molar refractivity (Wildman–Crippen MR) is 65.3 cm³/mol. The van der Waals surface area contributed by atoms with Crippen molar-refractivity contribution >= 4 is 183 Å². The maximum atomic E-state index is 10.1. The van der Waals surface area contributed by atoms with E-state index in [9.17, 15) is 21.0 Å². The summed E-state index contributed by atoms with van der Waals surface area (Å²) in [6.45, 7) is 0. The zero-order valence-corrected chi connectivity index (χ0v) is 19.1. The van der Waals surface area contributed by atoms with Gasteiger partial charge in [0.15, 0.2) is 0 Å². The molecule has 0 saturated heterocycles. The van der Waals surface area contributed by atoms with Gasteiger partial charge in [-0.25, -0.2) is 0 Å². The second-order valence-corrected chi connectivity index (χ2v) is 4.40. The average molecular weight is 411 g/mol. The van der Waals surface area contributed by atoms with Crippen molar-refractivity contribution in [3.63, 3.8) is 0 Å². The summed E-state index contributed by atoms with van der Waals surface area (Å²) in [4.78, 5) is 0. The van der Waals surface area contributed by atoms with Crippen LogP contribution in [0.5, 0.6) is 0 Å². The van der Waals surface area contributed by atoms with Gasteiger partial charge in [-0.1, -0.05) is 0 Å². The van der Waals surface area contributed by atoms with Gasteiger partial charge in [-0.15, -0.1) is 7.26 Å². The predicted octanol–water partition coefficient (Wildman–Crippen LogP) is -2.42. The molecular weight excluding hydrogens is 401 g/mol. The maximum absolute atomic E-state index is 10.1. The van der Waals surface area contributed by atoms with Gasteiger partial charge < -0.3 is 11.4 Å². The van der Waals surface area contributed by atoms with Gasteiger partial charge in [0, 0.05) is 0 Å². The molecule has 0 aliphatic carbocycles. The molecule has 0 rings (SSSR count). The Labute approximate surface area is 226 Å². The summed E-state index contributed by atoms with van der Waals surface area (Å²) in [7, 11) is -10.2. The van der Waals surface area contributed by atoms with E-state index in [1.165, 1.54) is 0 Å². The molecule has 0 aromatic rings. The molecule has 90 valence electrons. The van der Waals surface area contributed by atoms with Crippen LogP contribution in [0.25, 0.3) is 0 Å². The van der Waals surface area contributed by atoms with Gasteiger partial charge in [0.1, 0.15) is 0 Å². The van der Waals surface area contributed by atoms with E-state index in [0.717, 1.165) is 0 Å². The minimum Gasteiger partial charge on any atom is -1.00 e. The zero-order valence-electron chi connectivity index (χ0n) is 15.8. The smallest absolute Gasteiger partial charge is 1.00 e. The second kappa shape index (κ2) is 14.8. The Morgan fingerprint density at radius 3 is 1.12 bits per heavy atom.